The molecule has 1 aliphatic carbocycles. The number of imidazole rings is 1. The summed E-state index contributed by atoms with van der Waals surface area (Å²) in [5.41, 5.74) is 2.25. The SMILES string of the molecule is COC1C(c2cn3c(n2)CNCC3)=CC=C(C)C1=S(=O)=O.Cl.Cl. The van der Waals surface area contributed by atoms with Gasteiger partial charge in [-0.15, -0.1) is 24.8 Å². The minimum atomic E-state index is -2.31. The lowest BCUT2D eigenvalue weighted by Crippen LogP contribution is -2.28. The Hall–Kier alpha value is -1.12. The van der Waals surface area contributed by atoms with Crippen LogP contribution in [0, 0.1) is 0 Å². The molecule has 3 rings (SSSR count). The Balaban J connectivity index is 0.00000132. The molecule has 2 aliphatic rings. The second-order valence-corrected chi connectivity index (χ2v) is 6.01. The lowest BCUT2D eigenvalue weighted by atomic mass is 9.94. The van der Waals surface area contributed by atoms with Gasteiger partial charge in [0, 0.05) is 32.0 Å². The van der Waals surface area contributed by atoms with Gasteiger partial charge >= 0.3 is 0 Å². The number of methoxy groups -OCH3 is 1. The number of hydrogen-bond acceptors (Lipinski definition) is 5. The van der Waals surface area contributed by atoms with Crippen LogP contribution < -0.4 is 5.32 Å². The number of allylic oxidation sites excluding steroid dienone is 2. The summed E-state index contributed by atoms with van der Waals surface area (Å²) in [7, 11) is -0.795. The van der Waals surface area contributed by atoms with Crippen molar-refractivity contribution in [1.29, 1.82) is 0 Å². The van der Waals surface area contributed by atoms with E-state index in [-0.39, 0.29) is 29.7 Å². The molecule has 128 valence electrons. The maximum Gasteiger partial charge on any atom is 0.220 e. The number of nitrogens with zero attached hydrogens (tertiary/aromatic N) is 2. The van der Waals surface area contributed by atoms with Crippen LogP contribution in [0.4, 0.5) is 0 Å². The van der Waals surface area contributed by atoms with E-state index in [1.54, 1.807) is 13.0 Å². The van der Waals surface area contributed by atoms with E-state index in [0.717, 1.165) is 36.7 Å². The smallest absolute Gasteiger partial charge is 0.220 e. The maximum atomic E-state index is 11.5. The number of fused-ring (bicyclic) bond motifs is 1. The molecule has 6 nitrogen and oxygen atoms in total. The zero-order chi connectivity index (χ0) is 15.0. The van der Waals surface area contributed by atoms with E-state index >= 15 is 0 Å². The van der Waals surface area contributed by atoms with Crippen LogP contribution in [-0.4, -0.2) is 42.6 Å². The van der Waals surface area contributed by atoms with Gasteiger partial charge < -0.3 is 14.6 Å². The summed E-state index contributed by atoms with van der Waals surface area (Å²) < 4.78 is 30.5. The van der Waals surface area contributed by atoms with Gasteiger partial charge in [0.25, 0.3) is 0 Å². The average Bonchev–Trinajstić information content (AvgIpc) is 2.89. The van der Waals surface area contributed by atoms with Gasteiger partial charge in [-0.2, -0.15) is 8.42 Å². The van der Waals surface area contributed by atoms with Crippen molar-refractivity contribution in [3.63, 3.8) is 0 Å². The van der Waals surface area contributed by atoms with Gasteiger partial charge in [0.2, 0.25) is 10.3 Å². The first-order chi connectivity index (χ1) is 10.1. The normalized spacial score (nSPS) is 19.7. The molecular weight excluding hydrogens is 361 g/mol. The monoisotopic (exact) mass is 379 g/mol. The molecule has 0 saturated carbocycles. The highest BCUT2D eigenvalue weighted by Crippen LogP contribution is 2.27. The van der Waals surface area contributed by atoms with Gasteiger partial charge in [-0.05, 0) is 12.5 Å². The molecule has 0 radical (unpaired) electrons. The largest absolute Gasteiger partial charge is 0.371 e. The third-order valence-corrected chi connectivity index (χ3v) is 4.70. The van der Waals surface area contributed by atoms with Gasteiger partial charge in [-0.25, -0.2) is 4.98 Å². The molecular formula is C14H19Cl2N3O3S. The highest BCUT2D eigenvalue weighted by Gasteiger charge is 2.29. The minimum Gasteiger partial charge on any atom is -0.371 e. The Bertz CT molecular complexity index is 750. The third-order valence-electron chi connectivity index (χ3n) is 3.80. The molecule has 0 saturated heterocycles. The minimum absolute atomic E-state index is 0. The maximum absolute atomic E-state index is 11.5. The summed E-state index contributed by atoms with van der Waals surface area (Å²) in [5, 5.41) is 3.27. The van der Waals surface area contributed by atoms with Crippen LogP contribution in [0.25, 0.3) is 5.57 Å². The number of rotatable bonds is 2. The first-order valence-corrected chi connectivity index (χ1v) is 7.84. The average molecular weight is 380 g/mol. The number of nitrogens with one attached hydrogen (secondary N) is 1. The molecule has 0 fully saturated rings. The quantitative estimate of drug-likeness (QED) is 0.782. The van der Waals surface area contributed by atoms with Crippen molar-refractivity contribution < 1.29 is 13.2 Å². The number of halogens is 2. The topological polar surface area (TPSA) is 73.2 Å². The van der Waals surface area contributed by atoms with Crippen molar-refractivity contribution in [3.05, 3.63) is 35.4 Å². The predicted octanol–water partition coefficient (Wildman–Crippen LogP) is 1.24. The fourth-order valence-corrected chi connectivity index (χ4v) is 3.46. The fourth-order valence-electron chi connectivity index (χ4n) is 2.73. The Morgan fingerprint density at radius 2 is 2.09 bits per heavy atom. The lowest BCUT2D eigenvalue weighted by molar-refractivity contribution is 0.199. The van der Waals surface area contributed by atoms with E-state index in [9.17, 15) is 8.42 Å². The fraction of sp³-hybridized carbons (Fsp3) is 0.429. The molecule has 2 heterocycles. The van der Waals surface area contributed by atoms with Crippen molar-refractivity contribution >= 4 is 45.5 Å². The molecule has 1 aromatic rings. The van der Waals surface area contributed by atoms with Crippen LogP contribution in [0.3, 0.4) is 0 Å². The van der Waals surface area contributed by atoms with Crippen LogP contribution in [0.15, 0.2) is 23.9 Å². The summed E-state index contributed by atoms with van der Waals surface area (Å²) in [6, 6.07) is 0. The summed E-state index contributed by atoms with van der Waals surface area (Å²) >= 11 is 0. The Labute approximate surface area is 149 Å². The Morgan fingerprint density at radius 3 is 2.70 bits per heavy atom. The van der Waals surface area contributed by atoms with Crippen LogP contribution in [0.2, 0.25) is 0 Å². The molecule has 0 aromatic carbocycles. The number of ether oxygens (including phenoxy) is 1. The van der Waals surface area contributed by atoms with E-state index in [0.29, 0.717) is 5.57 Å². The standard InChI is InChI=1S/C14H17N3O3S.2ClH/c1-9-3-4-10(13(20-2)14(9)21(18)19)11-8-17-6-5-15-7-12(17)16-11;;/h3-4,8,13,15H,5-7H2,1-2H3;2*1H. The molecule has 1 atom stereocenters. The van der Waals surface area contributed by atoms with Crippen LogP contribution >= 0.6 is 24.8 Å². The highest BCUT2D eigenvalue weighted by atomic mass is 35.5. The summed E-state index contributed by atoms with van der Waals surface area (Å²) in [4.78, 5) is 4.88. The number of aromatic nitrogens is 2. The van der Waals surface area contributed by atoms with Crippen molar-refractivity contribution in [3.8, 4) is 0 Å². The van der Waals surface area contributed by atoms with Crippen LogP contribution in [-0.2, 0) is 28.1 Å². The van der Waals surface area contributed by atoms with Gasteiger partial charge in [-0.1, -0.05) is 12.2 Å². The van der Waals surface area contributed by atoms with E-state index in [2.05, 4.69) is 14.9 Å². The second kappa shape index (κ2) is 8.12. The van der Waals surface area contributed by atoms with E-state index in [1.165, 1.54) is 7.11 Å². The molecule has 9 heteroatoms. The van der Waals surface area contributed by atoms with Gasteiger partial charge in [0.05, 0.1) is 12.2 Å². The summed E-state index contributed by atoms with van der Waals surface area (Å²) in [5.74, 6) is 0.961. The molecule has 0 spiro atoms. The van der Waals surface area contributed by atoms with Gasteiger partial charge in [0.1, 0.15) is 16.8 Å². The van der Waals surface area contributed by atoms with Crippen LogP contribution in [0.5, 0.6) is 0 Å². The van der Waals surface area contributed by atoms with Gasteiger partial charge in [-0.3, -0.25) is 0 Å². The highest BCUT2D eigenvalue weighted by molar-refractivity contribution is 7.73. The van der Waals surface area contributed by atoms with Crippen molar-refractivity contribution in [2.45, 2.75) is 26.1 Å². The van der Waals surface area contributed by atoms with Crippen LogP contribution in [0.1, 0.15) is 18.4 Å². The second-order valence-electron chi connectivity index (χ2n) is 5.10. The first-order valence-electron chi connectivity index (χ1n) is 6.76. The molecule has 1 N–H and O–H groups in total. The van der Waals surface area contributed by atoms with Gasteiger partial charge in [0.15, 0.2) is 0 Å². The summed E-state index contributed by atoms with van der Waals surface area (Å²) in [6.07, 6.45) is 5.06. The zero-order valence-electron chi connectivity index (χ0n) is 12.8. The molecule has 1 aliphatic heterocycles. The van der Waals surface area contributed by atoms with Crippen molar-refractivity contribution in [2.24, 2.45) is 0 Å². The first kappa shape index (κ1) is 19.9. The van der Waals surface area contributed by atoms with E-state index < -0.39 is 16.4 Å². The molecule has 1 unspecified atom stereocenters. The number of hydrogen-bond donors (Lipinski definition) is 1. The Kier molecular flexibility index (Phi) is 7.03. The molecule has 0 amide bonds. The van der Waals surface area contributed by atoms with Crippen molar-refractivity contribution in [2.75, 3.05) is 13.7 Å². The lowest BCUT2D eigenvalue weighted by Gasteiger charge is -2.21. The summed E-state index contributed by atoms with van der Waals surface area (Å²) in [6.45, 7) is 4.28. The molecule has 0 bridgehead atoms. The van der Waals surface area contributed by atoms with Crippen molar-refractivity contribution in [1.82, 2.24) is 14.9 Å². The molecule has 1 aromatic heterocycles. The van der Waals surface area contributed by atoms with E-state index in [4.69, 9.17) is 4.74 Å². The zero-order valence-corrected chi connectivity index (χ0v) is 15.2. The molecule has 23 heavy (non-hydrogen) atoms. The predicted molar refractivity (Wildman–Crippen MR) is 94.9 cm³/mol. The third kappa shape index (κ3) is 3.70. The Morgan fingerprint density at radius 1 is 1.35 bits per heavy atom. The van der Waals surface area contributed by atoms with E-state index in [1.807, 2.05) is 12.3 Å².